The highest BCUT2D eigenvalue weighted by molar-refractivity contribution is 6.34. The van der Waals surface area contributed by atoms with Gasteiger partial charge in [-0.15, -0.1) is 0 Å². The molecule has 16 aromatic carbocycles. The minimum absolute atomic E-state index is 0.867. The molecule has 0 fully saturated rings. The van der Waals surface area contributed by atoms with Crippen molar-refractivity contribution in [2.24, 2.45) is 0 Å². The second kappa shape index (κ2) is 17.9. The van der Waals surface area contributed by atoms with Gasteiger partial charge < -0.3 is 18.8 Å². The number of aromatic amines is 2. The van der Waals surface area contributed by atoms with Crippen molar-refractivity contribution in [3.05, 3.63) is 279 Å². The zero-order valence-corrected chi connectivity index (χ0v) is 47.4. The first-order chi connectivity index (χ1) is 43.7. The zero-order valence-electron chi connectivity index (χ0n) is 47.4. The molecule has 0 atom stereocenters. The van der Waals surface area contributed by atoms with E-state index in [0.717, 1.165) is 115 Å². The SMILES string of the molecule is c1ccc2cc(-c3c4ccccc4c(-c4cc5c6cccc(-c7cccc8c(-c9c%10ccccc%10c(-c%10cc%11c%12ccccc%12oc%11c%11c%10[nH]c%10ccccc%10%11)c%10ccccc9%10)cccc78)c6oc5c5c4[nH]c4ccccc45)c4ccccc34)ccc2c1. The summed E-state index contributed by atoms with van der Waals surface area (Å²) >= 11 is 0. The van der Waals surface area contributed by atoms with E-state index >= 15 is 0 Å². The molecule has 0 aliphatic rings. The molecule has 20 aromatic rings. The van der Waals surface area contributed by atoms with E-state index in [1.165, 1.54) is 92.6 Å². The monoisotopic (exact) mass is 1120 g/mol. The van der Waals surface area contributed by atoms with Crippen LogP contribution in [-0.2, 0) is 0 Å². The van der Waals surface area contributed by atoms with Crippen LogP contribution in [0.1, 0.15) is 0 Å². The topological polar surface area (TPSA) is 57.9 Å². The molecule has 0 amide bonds. The number of hydrogen-bond acceptors (Lipinski definition) is 2. The summed E-state index contributed by atoms with van der Waals surface area (Å²) in [7, 11) is 0. The Balaban J connectivity index is 0.814. The first-order valence-electron chi connectivity index (χ1n) is 30.3. The summed E-state index contributed by atoms with van der Waals surface area (Å²) in [6.07, 6.45) is 0. The van der Waals surface area contributed by atoms with Crippen molar-refractivity contribution < 1.29 is 8.83 Å². The van der Waals surface area contributed by atoms with E-state index in [1.54, 1.807) is 0 Å². The van der Waals surface area contributed by atoms with Crippen LogP contribution in [0, 0.1) is 0 Å². The summed E-state index contributed by atoms with van der Waals surface area (Å²) in [6, 6.07) is 102. The first-order valence-corrected chi connectivity index (χ1v) is 30.3. The fourth-order valence-corrected chi connectivity index (χ4v) is 15.6. The van der Waals surface area contributed by atoms with Gasteiger partial charge in [-0.05, 0) is 140 Å². The van der Waals surface area contributed by atoms with Crippen molar-refractivity contribution in [1.29, 1.82) is 0 Å². The maximum Gasteiger partial charge on any atom is 0.145 e. The molecule has 4 heteroatoms. The number of para-hydroxylation sites is 4. The summed E-state index contributed by atoms with van der Waals surface area (Å²) in [4.78, 5) is 7.87. The van der Waals surface area contributed by atoms with Crippen LogP contribution in [0.3, 0.4) is 0 Å². The van der Waals surface area contributed by atoms with E-state index in [2.05, 4.69) is 289 Å². The molecule has 0 saturated carbocycles. The van der Waals surface area contributed by atoms with E-state index in [9.17, 15) is 0 Å². The molecule has 0 aliphatic heterocycles. The standard InChI is InChI=1S/C84H48N2O2/c1-2-21-48-44-49(43-42-47(48)20-1)74-55-23-3-5-25-57(55)76(58-26-6-4-24-56(58)74)70-46-68-64-38-19-37-63(82(64)88-84(68)79-66-32-12-15-40-72(66)86-81(70)79)52-35-17-34-51-50(52)33-18-36-54(51)75-59-27-7-9-29-61(59)77(62-30-10-8-28-60(62)75)69-45-67-53-22-13-16-41-73(53)87-83(67)78-65-31-11-14-39-71(65)85-80(69)78/h1-46,85-86H. The van der Waals surface area contributed by atoms with Crippen LogP contribution in [0.4, 0.5) is 0 Å². The largest absolute Gasteiger partial charge is 0.455 e. The van der Waals surface area contributed by atoms with Crippen LogP contribution in [0.25, 0.3) is 208 Å². The zero-order chi connectivity index (χ0) is 57.3. The van der Waals surface area contributed by atoms with Crippen molar-refractivity contribution >= 4 is 152 Å². The third-order valence-corrected chi connectivity index (χ3v) is 19.3. The average Bonchev–Trinajstić information content (AvgIpc) is 1.42. The van der Waals surface area contributed by atoms with Crippen LogP contribution < -0.4 is 0 Å². The van der Waals surface area contributed by atoms with Crippen LogP contribution in [0.2, 0.25) is 0 Å². The Hall–Kier alpha value is -11.7. The lowest BCUT2D eigenvalue weighted by molar-refractivity contribution is 0.673. The molecule has 88 heavy (non-hydrogen) atoms. The number of nitrogens with one attached hydrogen (secondary N) is 2. The number of fused-ring (bicyclic) bond motifs is 20. The van der Waals surface area contributed by atoms with Crippen molar-refractivity contribution in [3.63, 3.8) is 0 Å². The molecule has 20 rings (SSSR count). The van der Waals surface area contributed by atoms with Gasteiger partial charge in [0.25, 0.3) is 0 Å². The van der Waals surface area contributed by atoms with Crippen LogP contribution in [0.15, 0.2) is 288 Å². The van der Waals surface area contributed by atoms with Gasteiger partial charge in [0.2, 0.25) is 0 Å². The second-order valence-corrected chi connectivity index (χ2v) is 23.8. The number of rotatable bonds is 5. The van der Waals surface area contributed by atoms with Gasteiger partial charge in [0.1, 0.15) is 22.3 Å². The van der Waals surface area contributed by atoms with Gasteiger partial charge >= 0.3 is 0 Å². The van der Waals surface area contributed by atoms with Crippen molar-refractivity contribution in [2.45, 2.75) is 0 Å². The number of benzene rings is 16. The average molecular weight is 1120 g/mol. The Bertz CT molecular complexity index is 6330. The van der Waals surface area contributed by atoms with E-state index in [0.29, 0.717) is 0 Å². The molecule has 4 nitrogen and oxygen atoms in total. The second-order valence-electron chi connectivity index (χ2n) is 23.8. The third kappa shape index (κ3) is 6.52. The molecule has 0 bridgehead atoms. The summed E-state index contributed by atoms with van der Waals surface area (Å²) < 4.78 is 14.3. The van der Waals surface area contributed by atoms with Crippen molar-refractivity contribution in [2.75, 3.05) is 0 Å². The van der Waals surface area contributed by atoms with E-state index in [1.807, 2.05) is 0 Å². The lowest BCUT2D eigenvalue weighted by atomic mass is 9.83. The lowest BCUT2D eigenvalue weighted by Crippen LogP contribution is -1.93. The van der Waals surface area contributed by atoms with Crippen molar-refractivity contribution in [1.82, 2.24) is 9.97 Å². The molecule has 0 aliphatic carbocycles. The predicted octanol–water partition coefficient (Wildman–Crippen LogP) is 24.0. The highest BCUT2D eigenvalue weighted by Gasteiger charge is 2.27. The number of furan rings is 2. The molecule has 406 valence electrons. The van der Waals surface area contributed by atoms with Gasteiger partial charge in [-0.3, -0.25) is 0 Å². The Labute approximate surface area is 502 Å². The predicted molar refractivity (Wildman–Crippen MR) is 372 cm³/mol. The first kappa shape index (κ1) is 47.6. The van der Waals surface area contributed by atoms with Gasteiger partial charge in [0, 0.05) is 60.0 Å². The fourth-order valence-electron chi connectivity index (χ4n) is 15.6. The summed E-state index contributed by atoms with van der Waals surface area (Å²) in [5.41, 5.74) is 19.5. The van der Waals surface area contributed by atoms with E-state index in [4.69, 9.17) is 8.83 Å². The normalized spacial score (nSPS) is 12.3. The number of hydrogen-bond donors (Lipinski definition) is 2. The maximum atomic E-state index is 7.50. The molecule has 0 spiro atoms. The van der Waals surface area contributed by atoms with Gasteiger partial charge in [-0.1, -0.05) is 243 Å². The van der Waals surface area contributed by atoms with Crippen LogP contribution >= 0.6 is 0 Å². The van der Waals surface area contributed by atoms with E-state index in [-0.39, 0.29) is 0 Å². The van der Waals surface area contributed by atoms with Crippen molar-refractivity contribution in [3.8, 4) is 55.6 Å². The van der Waals surface area contributed by atoms with Gasteiger partial charge in [-0.2, -0.15) is 0 Å². The highest BCUT2D eigenvalue weighted by Crippen LogP contribution is 2.53. The van der Waals surface area contributed by atoms with Gasteiger partial charge in [0.05, 0.1) is 21.8 Å². The quantitative estimate of drug-likeness (QED) is 0.169. The minimum atomic E-state index is 0.867. The molecule has 0 radical (unpaired) electrons. The van der Waals surface area contributed by atoms with E-state index < -0.39 is 0 Å². The lowest BCUT2D eigenvalue weighted by Gasteiger charge is -2.20. The number of aromatic nitrogens is 2. The fraction of sp³-hybridized carbons (Fsp3) is 0. The summed E-state index contributed by atoms with van der Waals surface area (Å²) in [6.45, 7) is 0. The molecule has 4 aromatic heterocycles. The Morgan fingerprint density at radius 1 is 0.216 bits per heavy atom. The van der Waals surface area contributed by atoms with Crippen LogP contribution in [-0.4, -0.2) is 9.97 Å². The molecular formula is C84H48N2O2. The smallest absolute Gasteiger partial charge is 0.145 e. The molecular weight excluding hydrogens is 1070 g/mol. The Kier molecular flexibility index (Phi) is 9.69. The molecule has 0 saturated heterocycles. The van der Waals surface area contributed by atoms with Gasteiger partial charge in [-0.25, -0.2) is 0 Å². The third-order valence-electron chi connectivity index (χ3n) is 19.3. The molecule has 4 heterocycles. The Morgan fingerprint density at radius 3 is 1.18 bits per heavy atom. The summed E-state index contributed by atoms with van der Waals surface area (Å²) in [5, 5.41) is 23.3. The van der Waals surface area contributed by atoms with Crippen LogP contribution in [0.5, 0.6) is 0 Å². The summed E-state index contributed by atoms with van der Waals surface area (Å²) in [5.74, 6) is 0. The molecule has 0 unspecified atom stereocenters. The maximum absolute atomic E-state index is 7.50. The molecule has 2 N–H and O–H groups in total. The van der Waals surface area contributed by atoms with Gasteiger partial charge in [0.15, 0.2) is 0 Å². The minimum Gasteiger partial charge on any atom is -0.455 e. The number of H-pyrrole nitrogens is 2. The Morgan fingerprint density at radius 2 is 0.614 bits per heavy atom. The highest BCUT2D eigenvalue weighted by atomic mass is 16.3.